The predicted octanol–water partition coefficient (Wildman–Crippen LogP) is 2.64. The molecule has 3 aliphatic heterocycles. The Morgan fingerprint density at radius 1 is 1.05 bits per heavy atom. The number of hydrogen-bond acceptors (Lipinski definition) is 9. The Bertz CT molecular complexity index is 1570. The van der Waals surface area contributed by atoms with Crippen LogP contribution in [0.2, 0.25) is 0 Å². The number of hydrogen-bond donors (Lipinski definition) is 1. The van der Waals surface area contributed by atoms with Crippen LogP contribution in [0.3, 0.4) is 0 Å². The first-order valence-corrected chi connectivity index (χ1v) is 14.0. The number of ether oxygens (including phenoxy) is 3. The number of H-pyrrole nitrogens is 1. The van der Waals surface area contributed by atoms with E-state index >= 15 is 0 Å². The highest BCUT2D eigenvalue weighted by molar-refractivity contribution is 5.79. The van der Waals surface area contributed by atoms with Crippen LogP contribution in [0.25, 0.3) is 10.9 Å². The fourth-order valence-electron chi connectivity index (χ4n) is 6.03. The molecule has 5 heterocycles. The van der Waals surface area contributed by atoms with E-state index in [9.17, 15) is 4.79 Å². The van der Waals surface area contributed by atoms with Crippen molar-refractivity contribution >= 4 is 10.9 Å². The third kappa shape index (κ3) is 4.96. The lowest BCUT2D eigenvalue weighted by Gasteiger charge is -2.38. The minimum atomic E-state index is -0.376. The number of benzene rings is 2. The molecular formula is C29H33N7O4. The number of aromatic amines is 1. The van der Waals surface area contributed by atoms with Crippen molar-refractivity contribution < 1.29 is 14.2 Å². The van der Waals surface area contributed by atoms with Crippen molar-refractivity contribution in [1.29, 1.82) is 0 Å². The number of pyridine rings is 1. The molecule has 2 atom stereocenters. The van der Waals surface area contributed by atoms with E-state index in [-0.39, 0.29) is 24.5 Å². The molecule has 40 heavy (non-hydrogen) atoms. The maximum Gasteiger partial charge on any atom is 0.253 e. The first kappa shape index (κ1) is 25.2. The third-order valence-electron chi connectivity index (χ3n) is 8.14. The quantitative estimate of drug-likeness (QED) is 0.376. The normalized spacial score (nSPS) is 20.4. The fourth-order valence-corrected chi connectivity index (χ4v) is 6.03. The second-order valence-corrected chi connectivity index (χ2v) is 10.9. The molecular weight excluding hydrogens is 510 g/mol. The van der Waals surface area contributed by atoms with E-state index in [0.29, 0.717) is 17.9 Å². The van der Waals surface area contributed by atoms with Crippen LogP contribution in [0, 0.1) is 6.92 Å². The molecule has 208 valence electrons. The zero-order valence-corrected chi connectivity index (χ0v) is 22.6. The summed E-state index contributed by atoms with van der Waals surface area (Å²) in [6.45, 7) is 7.71. The minimum Gasteiger partial charge on any atom is -0.454 e. The molecule has 2 fully saturated rings. The molecule has 3 aliphatic rings. The van der Waals surface area contributed by atoms with E-state index in [0.717, 1.165) is 80.1 Å². The van der Waals surface area contributed by atoms with Crippen molar-refractivity contribution in [2.24, 2.45) is 0 Å². The molecule has 1 N–H and O–H groups in total. The molecule has 2 saturated heterocycles. The number of rotatable bonds is 7. The van der Waals surface area contributed by atoms with Gasteiger partial charge in [0.2, 0.25) is 6.79 Å². The van der Waals surface area contributed by atoms with Crippen molar-refractivity contribution in [2.45, 2.75) is 45.0 Å². The molecule has 0 bridgehead atoms. The highest BCUT2D eigenvalue weighted by atomic mass is 16.7. The monoisotopic (exact) mass is 543 g/mol. The molecule has 11 nitrogen and oxygen atoms in total. The lowest BCUT2D eigenvalue weighted by molar-refractivity contribution is 0.0840. The highest BCUT2D eigenvalue weighted by Gasteiger charge is 2.33. The smallest absolute Gasteiger partial charge is 0.253 e. The van der Waals surface area contributed by atoms with E-state index in [1.165, 1.54) is 5.56 Å². The molecule has 0 saturated carbocycles. The van der Waals surface area contributed by atoms with Gasteiger partial charge in [0, 0.05) is 50.4 Å². The van der Waals surface area contributed by atoms with Crippen molar-refractivity contribution in [3.63, 3.8) is 0 Å². The lowest BCUT2D eigenvalue weighted by Crippen LogP contribution is -2.48. The number of nitrogens with zero attached hydrogens (tertiary/aromatic N) is 6. The fraction of sp³-hybridized carbons (Fsp3) is 0.448. The maximum atomic E-state index is 13.6. The van der Waals surface area contributed by atoms with Gasteiger partial charge in [-0.3, -0.25) is 14.6 Å². The van der Waals surface area contributed by atoms with Gasteiger partial charge >= 0.3 is 0 Å². The van der Waals surface area contributed by atoms with Crippen LogP contribution in [0.1, 0.15) is 41.4 Å². The van der Waals surface area contributed by atoms with Crippen LogP contribution in [0.5, 0.6) is 11.5 Å². The van der Waals surface area contributed by atoms with Gasteiger partial charge in [-0.1, -0.05) is 18.2 Å². The van der Waals surface area contributed by atoms with E-state index in [4.69, 9.17) is 14.2 Å². The second-order valence-electron chi connectivity index (χ2n) is 10.9. The zero-order valence-electron chi connectivity index (χ0n) is 22.6. The SMILES string of the molecule is Cc1ccc2cc([C@@H](c3nnnn3C[C@H]3CCCO3)N3CCN(Cc4ccc5c(c4)OCO5)CC3)c(=O)[nH]c2c1. The van der Waals surface area contributed by atoms with Crippen molar-refractivity contribution in [1.82, 2.24) is 35.0 Å². The van der Waals surface area contributed by atoms with E-state index in [1.54, 1.807) is 0 Å². The van der Waals surface area contributed by atoms with Gasteiger partial charge in [-0.05, 0) is 71.0 Å². The first-order valence-electron chi connectivity index (χ1n) is 14.0. The van der Waals surface area contributed by atoms with Crippen molar-refractivity contribution in [2.75, 3.05) is 39.6 Å². The van der Waals surface area contributed by atoms with E-state index < -0.39 is 0 Å². The molecule has 0 radical (unpaired) electrons. The first-order chi connectivity index (χ1) is 19.6. The average molecular weight is 544 g/mol. The maximum absolute atomic E-state index is 13.6. The summed E-state index contributed by atoms with van der Waals surface area (Å²) in [7, 11) is 0. The Morgan fingerprint density at radius 2 is 1.93 bits per heavy atom. The Labute approximate surface area is 231 Å². The Balaban J connectivity index is 1.17. The lowest BCUT2D eigenvalue weighted by atomic mass is 10.0. The van der Waals surface area contributed by atoms with Gasteiger partial charge in [0.15, 0.2) is 17.3 Å². The summed E-state index contributed by atoms with van der Waals surface area (Å²) in [6, 6.07) is 13.9. The predicted molar refractivity (Wildman–Crippen MR) is 147 cm³/mol. The van der Waals surface area contributed by atoms with Crippen LogP contribution in [-0.2, 0) is 17.8 Å². The summed E-state index contributed by atoms with van der Waals surface area (Å²) in [5.74, 6) is 2.28. The number of piperazine rings is 1. The standard InChI is InChI=1S/C29H33N7O4/c1-19-4-6-21-15-23(29(37)30-24(21)13-19)27(28-31-32-33-36(28)17-22-3-2-12-38-22)35-10-8-34(9-11-35)16-20-5-7-25-26(14-20)40-18-39-25/h4-7,13-15,22,27H,2-3,8-12,16-18H2,1H3,(H,30,37)/t22-,27+/m1/s1. The molecule has 7 rings (SSSR count). The van der Waals surface area contributed by atoms with Gasteiger partial charge < -0.3 is 19.2 Å². The van der Waals surface area contributed by atoms with Crippen molar-refractivity contribution in [3.8, 4) is 11.5 Å². The van der Waals surface area contributed by atoms with Gasteiger partial charge in [-0.25, -0.2) is 4.68 Å². The Kier molecular flexibility index (Phi) is 6.70. The number of fused-ring (bicyclic) bond motifs is 2. The van der Waals surface area contributed by atoms with Crippen LogP contribution in [0.4, 0.5) is 0 Å². The summed E-state index contributed by atoms with van der Waals surface area (Å²) in [4.78, 5) is 21.4. The highest BCUT2D eigenvalue weighted by Crippen LogP contribution is 2.33. The van der Waals surface area contributed by atoms with Crippen LogP contribution in [0.15, 0.2) is 47.3 Å². The number of aromatic nitrogens is 5. The molecule has 2 aromatic carbocycles. The average Bonchev–Trinajstić information content (AvgIpc) is 3.73. The van der Waals surface area contributed by atoms with Crippen LogP contribution < -0.4 is 15.0 Å². The van der Waals surface area contributed by atoms with Gasteiger partial charge in [0.05, 0.1) is 12.6 Å². The summed E-state index contributed by atoms with van der Waals surface area (Å²) in [5.41, 5.74) is 3.67. The summed E-state index contributed by atoms with van der Waals surface area (Å²) < 4.78 is 18.7. The molecule has 11 heteroatoms. The summed E-state index contributed by atoms with van der Waals surface area (Å²) in [6.07, 6.45) is 2.11. The Hall–Kier alpha value is -3.80. The largest absolute Gasteiger partial charge is 0.454 e. The van der Waals surface area contributed by atoms with Gasteiger partial charge in [-0.2, -0.15) is 0 Å². The molecule has 0 unspecified atom stereocenters. The van der Waals surface area contributed by atoms with Gasteiger partial charge in [0.25, 0.3) is 5.56 Å². The summed E-state index contributed by atoms with van der Waals surface area (Å²) >= 11 is 0. The second kappa shape index (κ2) is 10.6. The van der Waals surface area contributed by atoms with Crippen molar-refractivity contribution in [3.05, 3.63) is 75.3 Å². The van der Waals surface area contributed by atoms with Crippen LogP contribution in [-0.4, -0.2) is 80.7 Å². The zero-order chi connectivity index (χ0) is 27.1. The van der Waals surface area contributed by atoms with E-state index in [2.05, 4.69) is 54.6 Å². The number of nitrogens with one attached hydrogen (secondary N) is 1. The molecule has 2 aromatic heterocycles. The minimum absolute atomic E-state index is 0.0827. The molecule has 0 aliphatic carbocycles. The number of tetrazole rings is 1. The third-order valence-corrected chi connectivity index (χ3v) is 8.14. The van der Waals surface area contributed by atoms with Gasteiger partial charge in [0.1, 0.15) is 6.04 Å². The molecule has 0 amide bonds. The van der Waals surface area contributed by atoms with Gasteiger partial charge in [-0.15, -0.1) is 5.10 Å². The summed E-state index contributed by atoms with van der Waals surface area (Å²) in [5, 5.41) is 13.8. The Morgan fingerprint density at radius 3 is 2.77 bits per heavy atom. The molecule has 4 aromatic rings. The molecule has 0 spiro atoms. The number of aryl methyl sites for hydroxylation is 1. The van der Waals surface area contributed by atoms with Crippen LogP contribution >= 0.6 is 0 Å². The van der Waals surface area contributed by atoms with E-state index in [1.807, 2.05) is 29.8 Å². The topological polar surface area (TPSA) is 111 Å².